The highest BCUT2D eigenvalue weighted by Crippen LogP contribution is 2.36. The van der Waals surface area contributed by atoms with Crippen molar-refractivity contribution < 1.29 is 5.11 Å². The monoisotopic (exact) mass is 261 g/mol. The lowest BCUT2D eigenvalue weighted by Crippen LogP contribution is -2.30. The first-order valence-corrected chi connectivity index (χ1v) is 6.29. The summed E-state index contributed by atoms with van der Waals surface area (Å²) >= 11 is 6.19. The second kappa shape index (κ2) is 5.53. The van der Waals surface area contributed by atoms with Gasteiger partial charge in [0.15, 0.2) is 0 Å². The Morgan fingerprint density at radius 2 is 1.61 bits per heavy atom. The minimum Gasteiger partial charge on any atom is -0.380 e. The minimum atomic E-state index is -1.13. The van der Waals surface area contributed by atoms with E-state index in [1.165, 1.54) is 0 Å². The number of hydrogen-bond donors (Lipinski definition) is 2. The van der Waals surface area contributed by atoms with Crippen molar-refractivity contribution in [1.29, 1.82) is 0 Å². The van der Waals surface area contributed by atoms with E-state index in [9.17, 15) is 5.11 Å². The highest BCUT2D eigenvalue weighted by Gasteiger charge is 2.32. The van der Waals surface area contributed by atoms with E-state index in [1.54, 1.807) is 6.07 Å². The van der Waals surface area contributed by atoms with Crippen molar-refractivity contribution >= 4 is 11.6 Å². The third kappa shape index (κ3) is 2.41. The molecule has 0 amide bonds. The lowest BCUT2D eigenvalue weighted by molar-refractivity contribution is 0.0738. The molecule has 2 rings (SSSR count). The zero-order chi connectivity index (χ0) is 13.0. The van der Waals surface area contributed by atoms with Gasteiger partial charge in [-0.25, -0.2) is 0 Å². The van der Waals surface area contributed by atoms with Crippen molar-refractivity contribution in [2.45, 2.75) is 12.0 Å². The summed E-state index contributed by atoms with van der Waals surface area (Å²) in [5.41, 5.74) is 6.01. The van der Waals surface area contributed by atoms with Crippen LogP contribution in [0.5, 0.6) is 0 Å². The maximum atomic E-state index is 11.0. The standard InChI is InChI=1S/C15H16ClNO/c16-14-9-5-4-8-13(14)15(18,10-11-17)12-6-2-1-3-7-12/h1-9,18H,10-11,17H2. The fourth-order valence-electron chi connectivity index (χ4n) is 2.15. The molecule has 0 fully saturated rings. The van der Waals surface area contributed by atoms with Gasteiger partial charge in [-0.1, -0.05) is 60.1 Å². The van der Waals surface area contributed by atoms with Gasteiger partial charge in [0.05, 0.1) is 0 Å². The summed E-state index contributed by atoms with van der Waals surface area (Å²) in [7, 11) is 0. The summed E-state index contributed by atoms with van der Waals surface area (Å²) < 4.78 is 0. The Balaban J connectivity index is 2.55. The fourth-order valence-corrected chi connectivity index (χ4v) is 2.45. The normalized spacial score (nSPS) is 14.2. The molecule has 0 aliphatic heterocycles. The predicted molar refractivity (Wildman–Crippen MR) is 74.6 cm³/mol. The Labute approximate surface area is 112 Å². The van der Waals surface area contributed by atoms with Gasteiger partial charge in [0.1, 0.15) is 5.60 Å². The van der Waals surface area contributed by atoms with Gasteiger partial charge in [-0.3, -0.25) is 0 Å². The topological polar surface area (TPSA) is 46.2 Å². The van der Waals surface area contributed by atoms with E-state index in [0.717, 1.165) is 5.56 Å². The maximum absolute atomic E-state index is 11.0. The van der Waals surface area contributed by atoms with E-state index < -0.39 is 5.60 Å². The molecule has 94 valence electrons. The molecule has 0 saturated carbocycles. The molecule has 2 aromatic rings. The van der Waals surface area contributed by atoms with Gasteiger partial charge in [-0.05, 0) is 24.6 Å². The zero-order valence-electron chi connectivity index (χ0n) is 10.0. The van der Waals surface area contributed by atoms with Crippen LogP contribution in [-0.4, -0.2) is 11.7 Å². The molecule has 2 aromatic carbocycles. The number of rotatable bonds is 4. The molecule has 2 nitrogen and oxygen atoms in total. The Hall–Kier alpha value is -1.35. The first-order chi connectivity index (χ1) is 8.68. The van der Waals surface area contributed by atoms with Gasteiger partial charge in [0.2, 0.25) is 0 Å². The molecule has 0 bridgehead atoms. The van der Waals surface area contributed by atoms with Gasteiger partial charge in [0.25, 0.3) is 0 Å². The maximum Gasteiger partial charge on any atom is 0.117 e. The molecular formula is C15H16ClNO. The van der Waals surface area contributed by atoms with Crippen LogP contribution >= 0.6 is 11.6 Å². The van der Waals surface area contributed by atoms with E-state index >= 15 is 0 Å². The molecule has 0 heterocycles. The Kier molecular flexibility index (Phi) is 4.02. The molecular weight excluding hydrogens is 246 g/mol. The molecule has 1 atom stereocenters. The Morgan fingerprint density at radius 1 is 1.00 bits per heavy atom. The van der Waals surface area contributed by atoms with Crippen LogP contribution in [0.25, 0.3) is 0 Å². The van der Waals surface area contributed by atoms with Crippen LogP contribution in [0, 0.1) is 0 Å². The molecule has 3 heteroatoms. The predicted octanol–water partition coefficient (Wildman–Crippen LogP) is 2.92. The highest BCUT2D eigenvalue weighted by molar-refractivity contribution is 6.31. The summed E-state index contributed by atoms with van der Waals surface area (Å²) in [4.78, 5) is 0. The molecule has 0 saturated heterocycles. The SMILES string of the molecule is NCCC(O)(c1ccccc1)c1ccccc1Cl. The first kappa shape index (κ1) is 13.1. The second-order valence-electron chi connectivity index (χ2n) is 4.24. The number of halogens is 1. The van der Waals surface area contributed by atoms with Crippen LogP contribution in [0.15, 0.2) is 54.6 Å². The summed E-state index contributed by atoms with van der Waals surface area (Å²) in [5, 5.41) is 11.5. The van der Waals surface area contributed by atoms with E-state index in [4.69, 9.17) is 17.3 Å². The minimum absolute atomic E-state index is 0.386. The van der Waals surface area contributed by atoms with Crippen molar-refractivity contribution in [1.82, 2.24) is 0 Å². The number of aliphatic hydroxyl groups is 1. The molecule has 18 heavy (non-hydrogen) atoms. The lowest BCUT2D eigenvalue weighted by Gasteiger charge is -2.29. The van der Waals surface area contributed by atoms with Crippen LogP contribution in [-0.2, 0) is 5.60 Å². The van der Waals surface area contributed by atoms with E-state index in [-0.39, 0.29) is 0 Å². The quantitative estimate of drug-likeness (QED) is 0.889. The van der Waals surface area contributed by atoms with Crippen LogP contribution in [0.4, 0.5) is 0 Å². The molecule has 1 unspecified atom stereocenters. The van der Waals surface area contributed by atoms with E-state index in [0.29, 0.717) is 23.6 Å². The van der Waals surface area contributed by atoms with E-state index in [1.807, 2.05) is 48.5 Å². The average Bonchev–Trinajstić information content (AvgIpc) is 2.40. The third-order valence-electron chi connectivity index (χ3n) is 3.08. The Morgan fingerprint density at radius 3 is 2.22 bits per heavy atom. The van der Waals surface area contributed by atoms with Gasteiger partial charge in [-0.15, -0.1) is 0 Å². The van der Waals surface area contributed by atoms with Crippen molar-refractivity contribution in [3.05, 3.63) is 70.7 Å². The second-order valence-corrected chi connectivity index (χ2v) is 4.65. The third-order valence-corrected chi connectivity index (χ3v) is 3.41. The van der Waals surface area contributed by atoms with Crippen molar-refractivity contribution in [3.63, 3.8) is 0 Å². The van der Waals surface area contributed by atoms with Crippen LogP contribution in [0.1, 0.15) is 17.5 Å². The number of hydrogen-bond acceptors (Lipinski definition) is 2. The average molecular weight is 262 g/mol. The summed E-state index contributed by atoms with van der Waals surface area (Å²) in [6, 6.07) is 16.8. The zero-order valence-corrected chi connectivity index (χ0v) is 10.8. The van der Waals surface area contributed by atoms with Crippen molar-refractivity contribution in [2.75, 3.05) is 6.54 Å². The number of nitrogens with two attached hydrogens (primary N) is 1. The van der Waals surface area contributed by atoms with Gasteiger partial charge in [0, 0.05) is 10.6 Å². The summed E-state index contributed by atoms with van der Waals surface area (Å²) in [5.74, 6) is 0. The smallest absolute Gasteiger partial charge is 0.117 e. The number of benzene rings is 2. The van der Waals surface area contributed by atoms with Crippen LogP contribution in [0.3, 0.4) is 0 Å². The van der Waals surface area contributed by atoms with Gasteiger partial charge < -0.3 is 10.8 Å². The molecule has 0 radical (unpaired) electrons. The van der Waals surface area contributed by atoms with Gasteiger partial charge >= 0.3 is 0 Å². The van der Waals surface area contributed by atoms with Crippen molar-refractivity contribution in [3.8, 4) is 0 Å². The molecule has 0 spiro atoms. The highest BCUT2D eigenvalue weighted by atomic mass is 35.5. The van der Waals surface area contributed by atoms with Crippen LogP contribution < -0.4 is 5.73 Å². The Bertz CT molecular complexity index is 515. The molecule has 0 aromatic heterocycles. The summed E-state index contributed by atoms with van der Waals surface area (Å²) in [6.45, 7) is 0.386. The molecule has 0 aliphatic rings. The van der Waals surface area contributed by atoms with E-state index in [2.05, 4.69) is 0 Å². The first-order valence-electron chi connectivity index (χ1n) is 5.91. The largest absolute Gasteiger partial charge is 0.380 e. The molecule has 0 aliphatic carbocycles. The van der Waals surface area contributed by atoms with Crippen LogP contribution in [0.2, 0.25) is 5.02 Å². The van der Waals surface area contributed by atoms with Gasteiger partial charge in [-0.2, -0.15) is 0 Å². The summed E-state index contributed by atoms with van der Waals surface area (Å²) in [6.07, 6.45) is 0.431. The fraction of sp³-hybridized carbons (Fsp3) is 0.200. The molecule has 3 N–H and O–H groups in total. The lowest BCUT2D eigenvalue weighted by atomic mass is 9.83. The van der Waals surface area contributed by atoms with Crippen molar-refractivity contribution in [2.24, 2.45) is 5.73 Å².